The third-order valence-corrected chi connectivity index (χ3v) is 4.41. The van der Waals surface area contributed by atoms with Gasteiger partial charge in [-0.05, 0) is 24.3 Å². The highest BCUT2D eigenvalue weighted by atomic mass is 19.4. The second-order valence-electron chi connectivity index (χ2n) is 6.58. The maximum atomic E-state index is 14.0. The predicted octanol–water partition coefficient (Wildman–Crippen LogP) is 4.81. The molecule has 0 aliphatic heterocycles. The summed E-state index contributed by atoms with van der Waals surface area (Å²) in [5.41, 5.74) is 2.78. The van der Waals surface area contributed by atoms with Crippen LogP contribution < -0.4 is 5.73 Å². The molecule has 0 aliphatic rings. The molecule has 32 heavy (non-hydrogen) atoms. The van der Waals surface area contributed by atoms with Crippen molar-refractivity contribution in [2.24, 2.45) is 0 Å². The van der Waals surface area contributed by atoms with Crippen LogP contribution in [-0.4, -0.2) is 19.6 Å². The average molecular weight is 447 g/mol. The van der Waals surface area contributed by atoms with Gasteiger partial charge in [-0.1, -0.05) is 24.0 Å². The van der Waals surface area contributed by atoms with Crippen molar-refractivity contribution in [3.05, 3.63) is 77.2 Å². The Morgan fingerprint density at radius 3 is 2.16 bits per heavy atom. The minimum absolute atomic E-state index is 0.0342. The number of rotatable bonds is 1. The van der Waals surface area contributed by atoms with Gasteiger partial charge in [-0.25, -0.2) is 14.5 Å². The lowest BCUT2D eigenvalue weighted by atomic mass is 10.0. The fraction of sp³-hybridized carbons (Fsp3) is 0.0952. The maximum Gasteiger partial charge on any atom is 0.434 e. The van der Waals surface area contributed by atoms with Gasteiger partial charge in [0.15, 0.2) is 11.3 Å². The molecule has 11 heteroatoms. The molecule has 0 amide bonds. The van der Waals surface area contributed by atoms with E-state index in [1.807, 2.05) is 0 Å². The first kappa shape index (κ1) is 21.2. The summed E-state index contributed by atoms with van der Waals surface area (Å²) in [7, 11) is 0. The van der Waals surface area contributed by atoms with Crippen molar-refractivity contribution >= 4 is 11.5 Å². The number of nitrogens with two attached hydrogens (primary N) is 1. The van der Waals surface area contributed by atoms with Crippen LogP contribution in [0.3, 0.4) is 0 Å². The fourth-order valence-corrected chi connectivity index (χ4v) is 2.96. The predicted molar refractivity (Wildman–Crippen MR) is 103 cm³/mol. The summed E-state index contributed by atoms with van der Waals surface area (Å²) in [4.78, 5) is 8.01. The zero-order valence-corrected chi connectivity index (χ0v) is 15.8. The number of nitrogens with zero attached hydrogens (tertiary/aromatic N) is 4. The molecule has 2 N–H and O–H groups in total. The molecule has 4 aromatic rings. The molecule has 0 unspecified atom stereocenters. The second-order valence-corrected chi connectivity index (χ2v) is 6.58. The molecule has 1 aromatic carbocycles. The van der Waals surface area contributed by atoms with Gasteiger partial charge < -0.3 is 5.73 Å². The molecule has 0 radical (unpaired) electrons. The first-order chi connectivity index (χ1) is 15.0. The van der Waals surface area contributed by atoms with Crippen LogP contribution in [0.25, 0.3) is 16.9 Å². The summed E-state index contributed by atoms with van der Waals surface area (Å²) in [6, 6.07) is 7.80. The number of hydrogen-bond acceptors (Lipinski definition) is 4. The highest BCUT2D eigenvalue weighted by molar-refractivity contribution is 5.72. The van der Waals surface area contributed by atoms with E-state index in [-0.39, 0.29) is 28.3 Å². The number of aromatic nitrogens is 4. The Balaban J connectivity index is 1.98. The molecule has 3 aromatic heterocycles. The molecule has 0 spiro atoms. The Morgan fingerprint density at radius 2 is 1.56 bits per heavy atom. The lowest BCUT2D eigenvalue weighted by Crippen LogP contribution is -2.17. The SMILES string of the molecule is Nc1ccc(C#Cc2c(-c3ccc(C(F)(F)F)cc3)nc3ccnn3c2C(F)(F)F)cn1. The van der Waals surface area contributed by atoms with Crippen molar-refractivity contribution in [1.29, 1.82) is 0 Å². The van der Waals surface area contributed by atoms with Gasteiger partial charge in [0.05, 0.1) is 23.0 Å². The standard InChI is InChI=1S/C21H11F6N5/c22-20(23,24)14-5-3-13(4-6-14)18-15(7-1-12-2-8-16(28)29-11-12)19(21(25,26)27)32-17(31-18)9-10-30-32/h2-6,8-11H,(H2,28,29). The van der Waals surface area contributed by atoms with Gasteiger partial charge in [-0.15, -0.1) is 0 Å². The molecule has 0 aliphatic carbocycles. The zero-order chi connectivity index (χ0) is 23.1. The normalized spacial score (nSPS) is 11.9. The molecular formula is C21H11F6N5. The van der Waals surface area contributed by atoms with E-state index in [0.717, 1.165) is 30.5 Å². The van der Waals surface area contributed by atoms with Gasteiger partial charge in [0.25, 0.3) is 0 Å². The number of benzene rings is 1. The largest absolute Gasteiger partial charge is 0.434 e. The summed E-state index contributed by atoms with van der Waals surface area (Å²) in [5, 5.41) is 3.68. The van der Waals surface area contributed by atoms with E-state index < -0.39 is 29.2 Å². The fourth-order valence-electron chi connectivity index (χ4n) is 2.96. The number of pyridine rings is 1. The summed E-state index contributed by atoms with van der Waals surface area (Å²) < 4.78 is 81.4. The Labute approximate surface area is 176 Å². The number of alkyl halides is 6. The third kappa shape index (κ3) is 4.07. The van der Waals surface area contributed by atoms with Crippen LogP contribution >= 0.6 is 0 Å². The Kier molecular flexibility index (Phi) is 5.00. The van der Waals surface area contributed by atoms with Gasteiger partial charge in [-0.3, -0.25) is 0 Å². The molecule has 0 atom stereocenters. The van der Waals surface area contributed by atoms with Crippen molar-refractivity contribution in [3.63, 3.8) is 0 Å². The number of halogens is 6. The number of hydrogen-bond donors (Lipinski definition) is 1. The summed E-state index contributed by atoms with van der Waals surface area (Å²) >= 11 is 0. The first-order valence-electron chi connectivity index (χ1n) is 8.90. The van der Waals surface area contributed by atoms with Crippen LogP contribution in [0.5, 0.6) is 0 Å². The van der Waals surface area contributed by atoms with Gasteiger partial charge >= 0.3 is 12.4 Å². The lowest BCUT2D eigenvalue weighted by molar-refractivity contribution is -0.143. The minimum atomic E-state index is -4.88. The van der Waals surface area contributed by atoms with E-state index >= 15 is 0 Å². The van der Waals surface area contributed by atoms with Gasteiger partial charge in [0, 0.05) is 23.4 Å². The molecule has 5 nitrogen and oxygen atoms in total. The summed E-state index contributed by atoms with van der Waals surface area (Å²) in [6.45, 7) is 0. The molecule has 162 valence electrons. The van der Waals surface area contributed by atoms with E-state index in [9.17, 15) is 26.3 Å². The Hall–Kier alpha value is -4.07. The van der Waals surface area contributed by atoms with Crippen LogP contribution in [0.4, 0.5) is 32.2 Å². The quantitative estimate of drug-likeness (QED) is 0.336. The summed E-state index contributed by atoms with van der Waals surface area (Å²) in [5.74, 6) is 5.23. The number of fused-ring (bicyclic) bond motifs is 1. The highest BCUT2D eigenvalue weighted by Gasteiger charge is 2.39. The van der Waals surface area contributed by atoms with Crippen LogP contribution in [0.2, 0.25) is 0 Å². The topological polar surface area (TPSA) is 69.1 Å². The number of nitrogen functional groups attached to an aromatic ring is 1. The third-order valence-electron chi connectivity index (χ3n) is 4.41. The van der Waals surface area contributed by atoms with Crippen LogP contribution in [-0.2, 0) is 12.4 Å². The van der Waals surface area contributed by atoms with E-state index in [4.69, 9.17) is 5.73 Å². The zero-order valence-electron chi connectivity index (χ0n) is 15.8. The molecule has 0 fully saturated rings. The Bertz CT molecular complexity index is 1340. The smallest absolute Gasteiger partial charge is 0.384 e. The van der Waals surface area contributed by atoms with Crippen LogP contribution in [0.1, 0.15) is 22.4 Å². The lowest BCUT2D eigenvalue weighted by Gasteiger charge is -2.15. The van der Waals surface area contributed by atoms with Crippen molar-refractivity contribution in [2.75, 3.05) is 5.73 Å². The van der Waals surface area contributed by atoms with Gasteiger partial charge in [0.2, 0.25) is 0 Å². The maximum absolute atomic E-state index is 14.0. The average Bonchev–Trinajstić information content (AvgIpc) is 3.19. The van der Waals surface area contributed by atoms with Crippen molar-refractivity contribution in [2.45, 2.75) is 12.4 Å². The summed E-state index contributed by atoms with van der Waals surface area (Å²) in [6.07, 6.45) is -7.05. The van der Waals surface area contributed by atoms with E-state index in [0.29, 0.717) is 4.52 Å². The molecular weight excluding hydrogens is 436 g/mol. The first-order valence-corrected chi connectivity index (χ1v) is 8.90. The van der Waals surface area contributed by atoms with Gasteiger partial charge in [-0.2, -0.15) is 31.4 Å². The molecule has 0 saturated heterocycles. The second kappa shape index (κ2) is 7.56. The van der Waals surface area contributed by atoms with Crippen LogP contribution in [0, 0.1) is 11.8 Å². The van der Waals surface area contributed by atoms with Crippen molar-refractivity contribution in [1.82, 2.24) is 19.6 Å². The van der Waals surface area contributed by atoms with E-state index in [2.05, 4.69) is 26.9 Å². The van der Waals surface area contributed by atoms with Gasteiger partial charge in [0.1, 0.15) is 5.82 Å². The highest BCUT2D eigenvalue weighted by Crippen LogP contribution is 2.37. The van der Waals surface area contributed by atoms with Crippen LogP contribution in [0.15, 0.2) is 54.9 Å². The van der Waals surface area contributed by atoms with E-state index in [1.54, 1.807) is 0 Å². The molecule has 4 rings (SSSR count). The Morgan fingerprint density at radius 1 is 0.844 bits per heavy atom. The molecule has 0 saturated carbocycles. The molecule has 0 bridgehead atoms. The monoisotopic (exact) mass is 447 g/mol. The molecule has 3 heterocycles. The van der Waals surface area contributed by atoms with Crippen molar-refractivity contribution < 1.29 is 26.3 Å². The minimum Gasteiger partial charge on any atom is -0.384 e. The van der Waals surface area contributed by atoms with E-state index in [1.165, 1.54) is 24.4 Å². The number of anilines is 1. The van der Waals surface area contributed by atoms with Crippen molar-refractivity contribution in [3.8, 4) is 23.1 Å².